The minimum atomic E-state index is -0.299. The van der Waals surface area contributed by atoms with Gasteiger partial charge in [0.15, 0.2) is 0 Å². The Kier molecular flexibility index (Phi) is 5.22. The summed E-state index contributed by atoms with van der Waals surface area (Å²) in [6.45, 7) is 0.768. The standard InChI is InChI=1S/C23H18ClN3O/c24-20-10-6-9-18(13-20)23(28)26-25-14-19-16-27(15-17-7-2-1-3-8-17)22-12-5-4-11-21(19)22/h1-14,16H,15H2,(H,26,28)/b25-14+. The molecule has 0 saturated heterocycles. The summed E-state index contributed by atoms with van der Waals surface area (Å²) >= 11 is 5.93. The minimum absolute atomic E-state index is 0.299. The number of carbonyl (C=O) groups excluding carboxylic acids is 1. The van der Waals surface area contributed by atoms with Gasteiger partial charge < -0.3 is 4.57 Å². The highest BCUT2D eigenvalue weighted by Gasteiger charge is 2.08. The number of amides is 1. The molecule has 5 heteroatoms. The molecule has 1 heterocycles. The molecular weight excluding hydrogens is 370 g/mol. The smallest absolute Gasteiger partial charge is 0.271 e. The van der Waals surface area contributed by atoms with Gasteiger partial charge >= 0.3 is 0 Å². The maximum Gasteiger partial charge on any atom is 0.271 e. The fourth-order valence-corrected chi connectivity index (χ4v) is 3.33. The number of aromatic nitrogens is 1. The fourth-order valence-electron chi connectivity index (χ4n) is 3.14. The van der Waals surface area contributed by atoms with Crippen molar-refractivity contribution in [3.05, 3.63) is 107 Å². The number of fused-ring (bicyclic) bond motifs is 1. The predicted octanol–water partition coefficient (Wildman–Crippen LogP) is 5.11. The molecule has 0 aliphatic carbocycles. The van der Waals surface area contributed by atoms with Crippen molar-refractivity contribution in [3.63, 3.8) is 0 Å². The van der Waals surface area contributed by atoms with Gasteiger partial charge in [-0.1, -0.05) is 66.2 Å². The van der Waals surface area contributed by atoms with Crippen molar-refractivity contribution in [2.75, 3.05) is 0 Å². The van der Waals surface area contributed by atoms with Crippen molar-refractivity contribution in [2.45, 2.75) is 6.54 Å². The molecule has 1 amide bonds. The SMILES string of the molecule is O=C(N/N=C/c1cn(Cc2ccccc2)c2ccccc12)c1cccc(Cl)c1. The van der Waals surface area contributed by atoms with Crippen LogP contribution in [0.4, 0.5) is 0 Å². The summed E-state index contributed by atoms with van der Waals surface area (Å²) in [5.74, 6) is -0.299. The Morgan fingerprint density at radius 2 is 1.79 bits per heavy atom. The molecule has 0 bridgehead atoms. The summed E-state index contributed by atoms with van der Waals surface area (Å²) in [5.41, 5.74) is 6.31. The molecule has 0 aliphatic rings. The molecule has 138 valence electrons. The van der Waals surface area contributed by atoms with Crippen molar-refractivity contribution in [2.24, 2.45) is 5.10 Å². The van der Waals surface area contributed by atoms with Crippen LogP contribution in [0.2, 0.25) is 5.02 Å². The number of rotatable bonds is 5. The minimum Gasteiger partial charge on any atom is -0.342 e. The van der Waals surface area contributed by atoms with Crippen molar-refractivity contribution >= 4 is 34.6 Å². The van der Waals surface area contributed by atoms with Crippen LogP contribution in [-0.4, -0.2) is 16.7 Å². The predicted molar refractivity (Wildman–Crippen MR) is 114 cm³/mol. The van der Waals surface area contributed by atoms with E-state index in [9.17, 15) is 4.79 Å². The lowest BCUT2D eigenvalue weighted by Gasteiger charge is -2.05. The topological polar surface area (TPSA) is 46.4 Å². The van der Waals surface area contributed by atoms with Gasteiger partial charge in [0.25, 0.3) is 5.91 Å². The number of benzene rings is 3. The van der Waals surface area contributed by atoms with E-state index in [0.717, 1.165) is 23.0 Å². The Morgan fingerprint density at radius 3 is 2.61 bits per heavy atom. The van der Waals surface area contributed by atoms with Crippen molar-refractivity contribution in [1.29, 1.82) is 0 Å². The quantitative estimate of drug-likeness (QED) is 0.375. The largest absolute Gasteiger partial charge is 0.342 e. The zero-order valence-corrected chi connectivity index (χ0v) is 15.8. The maximum atomic E-state index is 12.2. The second-order valence-electron chi connectivity index (χ2n) is 6.42. The Balaban J connectivity index is 1.57. The van der Waals surface area contributed by atoms with E-state index in [1.165, 1.54) is 5.56 Å². The molecular formula is C23H18ClN3O. The van der Waals surface area contributed by atoms with Gasteiger partial charge in [-0.2, -0.15) is 5.10 Å². The van der Waals surface area contributed by atoms with E-state index >= 15 is 0 Å². The van der Waals surface area contributed by atoms with E-state index in [0.29, 0.717) is 10.6 Å². The number of carbonyl (C=O) groups is 1. The van der Waals surface area contributed by atoms with Gasteiger partial charge in [0.05, 0.1) is 6.21 Å². The average molecular weight is 388 g/mol. The van der Waals surface area contributed by atoms with Gasteiger partial charge in [-0.3, -0.25) is 4.79 Å². The molecule has 0 unspecified atom stereocenters. The molecule has 0 aliphatic heterocycles. The van der Waals surface area contributed by atoms with Gasteiger partial charge in [-0.25, -0.2) is 5.43 Å². The van der Waals surface area contributed by atoms with Crippen LogP contribution in [0.15, 0.2) is 90.2 Å². The van der Waals surface area contributed by atoms with E-state index in [-0.39, 0.29) is 5.91 Å². The molecule has 0 radical (unpaired) electrons. The molecule has 1 N–H and O–H groups in total. The normalized spacial score (nSPS) is 11.2. The fraction of sp³-hybridized carbons (Fsp3) is 0.0435. The number of para-hydroxylation sites is 1. The van der Waals surface area contributed by atoms with E-state index in [4.69, 9.17) is 11.6 Å². The van der Waals surface area contributed by atoms with Crippen molar-refractivity contribution in [3.8, 4) is 0 Å². The molecule has 3 aromatic carbocycles. The Hall–Kier alpha value is -3.37. The molecule has 4 rings (SSSR count). The lowest BCUT2D eigenvalue weighted by Crippen LogP contribution is -2.17. The number of hydrogen-bond donors (Lipinski definition) is 1. The Morgan fingerprint density at radius 1 is 1.00 bits per heavy atom. The van der Waals surface area contributed by atoms with E-state index < -0.39 is 0 Å². The highest BCUT2D eigenvalue weighted by atomic mass is 35.5. The first kappa shape index (κ1) is 18.0. The summed E-state index contributed by atoms with van der Waals surface area (Å²) in [6.07, 6.45) is 3.72. The molecule has 0 fully saturated rings. The molecule has 4 aromatic rings. The molecule has 0 atom stereocenters. The van der Waals surface area contributed by atoms with Crippen LogP contribution in [0.25, 0.3) is 10.9 Å². The molecule has 4 nitrogen and oxygen atoms in total. The summed E-state index contributed by atoms with van der Waals surface area (Å²) in [5, 5.41) is 5.73. The lowest BCUT2D eigenvalue weighted by molar-refractivity contribution is 0.0955. The van der Waals surface area contributed by atoms with Gasteiger partial charge in [0.1, 0.15) is 0 Å². The molecule has 0 spiro atoms. The number of nitrogens with zero attached hydrogens (tertiary/aromatic N) is 2. The average Bonchev–Trinajstić information content (AvgIpc) is 3.06. The summed E-state index contributed by atoms with van der Waals surface area (Å²) in [6, 6.07) is 25.2. The van der Waals surface area contributed by atoms with Gasteiger partial charge in [-0.05, 0) is 29.8 Å². The number of halogens is 1. The zero-order valence-electron chi connectivity index (χ0n) is 15.0. The van der Waals surface area contributed by atoms with Crippen LogP contribution in [0.5, 0.6) is 0 Å². The van der Waals surface area contributed by atoms with Crippen molar-refractivity contribution < 1.29 is 4.79 Å². The van der Waals surface area contributed by atoms with E-state index in [1.54, 1.807) is 30.5 Å². The number of hydrazone groups is 1. The number of nitrogens with one attached hydrogen (secondary N) is 1. The highest BCUT2D eigenvalue weighted by molar-refractivity contribution is 6.30. The van der Waals surface area contributed by atoms with E-state index in [1.807, 2.05) is 36.5 Å². The highest BCUT2D eigenvalue weighted by Crippen LogP contribution is 2.21. The Bertz CT molecular complexity index is 1150. The zero-order chi connectivity index (χ0) is 19.3. The first-order chi connectivity index (χ1) is 13.7. The summed E-state index contributed by atoms with van der Waals surface area (Å²) in [7, 11) is 0. The second-order valence-corrected chi connectivity index (χ2v) is 6.86. The van der Waals surface area contributed by atoms with Gasteiger partial charge in [-0.15, -0.1) is 0 Å². The van der Waals surface area contributed by atoms with Crippen LogP contribution >= 0.6 is 11.6 Å². The van der Waals surface area contributed by atoms with Gasteiger partial charge in [0.2, 0.25) is 0 Å². The first-order valence-corrected chi connectivity index (χ1v) is 9.29. The summed E-state index contributed by atoms with van der Waals surface area (Å²) < 4.78 is 2.19. The van der Waals surface area contributed by atoms with Crippen molar-refractivity contribution in [1.82, 2.24) is 9.99 Å². The first-order valence-electron chi connectivity index (χ1n) is 8.91. The second kappa shape index (κ2) is 8.11. The van der Waals surface area contributed by atoms with E-state index in [2.05, 4.69) is 39.4 Å². The molecule has 1 aromatic heterocycles. The maximum absolute atomic E-state index is 12.2. The molecule has 28 heavy (non-hydrogen) atoms. The third-order valence-electron chi connectivity index (χ3n) is 4.47. The molecule has 0 saturated carbocycles. The van der Waals surface area contributed by atoms with Gasteiger partial charge in [0, 0.05) is 39.8 Å². The van der Waals surface area contributed by atoms with Crippen LogP contribution in [0, 0.1) is 0 Å². The monoisotopic (exact) mass is 387 g/mol. The lowest BCUT2D eigenvalue weighted by atomic mass is 10.2. The Labute approximate surface area is 168 Å². The van der Waals surface area contributed by atoms with Crippen LogP contribution < -0.4 is 5.43 Å². The van der Waals surface area contributed by atoms with Crippen LogP contribution in [0.1, 0.15) is 21.5 Å². The third kappa shape index (κ3) is 3.97. The van der Waals surface area contributed by atoms with Crippen LogP contribution in [0.3, 0.4) is 0 Å². The van der Waals surface area contributed by atoms with Crippen LogP contribution in [-0.2, 0) is 6.54 Å². The summed E-state index contributed by atoms with van der Waals surface area (Å²) in [4.78, 5) is 12.2. The third-order valence-corrected chi connectivity index (χ3v) is 4.71. The number of hydrogen-bond acceptors (Lipinski definition) is 2.